The Bertz CT molecular complexity index is 844. The van der Waals surface area contributed by atoms with Crippen molar-refractivity contribution < 1.29 is 5.11 Å². The minimum absolute atomic E-state index is 0.121. The second kappa shape index (κ2) is 7.34. The number of rotatable bonds is 3. The molecule has 0 saturated carbocycles. The van der Waals surface area contributed by atoms with Gasteiger partial charge in [0.25, 0.3) is 0 Å². The van der Waals surface area contributed by atoms with E-state index in [1.54, 1.807) is 0 Å². The van der Waals surface area contributed by atoms with E-state index in [9.17, 15) is 5.11 Å². The quantitative estimate of drug-likeness (QED) is 0.880. The fourth-order valence-electron chi connectivity index (χ4n) is 3.74. The van der Waals surface area contributed by atoms with Gasteiger partial charge in [-0.05, 0) is 49.1 Å². The van der Waals surface area contributed by atoms with Gasteiger partial charge >= 0.3 is 0 Å². The van der Waals surface area contributed by atoms with Crippen LogP contribution >= 0.6 is 0 Å². The van der Waals surface area contributed by atoms with Crippen molar-refractivity contribution in [1.29, 1.82) is 0 Å². The number of piperidine rings is 1. The van der Waals surface area contributed by atoms with Crippen LogP contribution in [0.3, 0.4) is 0 Å². The molecule has 2 aliphatic rings. The molecule has 1 aliphatic heterocycles. The van der Waals surface area contributed by atoms with E-state index in [0.717, 1.165) is 41.5 Å². The Kier molecular flexibility index (Phi) is 4.77. The van der Waals surface area contributed by atoms with Gasteiger partial charge < -0.3 is 10.4 Å². The Morgan fingerprint density at radius 2 is 2.04 bits per heavy atom. The van der Waals surface area contributed by atoms with Crippen LogP contribution in [0.4, 0.5) is 0 Å². The predicted octanol–water partition coefficient (Wildman–Crippen LogP) is 4.31. The number of para-hydroxylation sites is 1. The second-order valence-corrected chi connectivity index (χ2v) is 6.82. The standard InChI is InChI=1S/C22H24N2O/c25-22(20-13-7-8-14-23-20)18-15-21(16-9-3-1-2-4-10-16)24-19-12-6-5-11-17(18)19/h1-6,9,11-12,15,20,22-23,25H,7-8,10,13-14H2. The molecule has 3 nitrogen and oxygen atoms in total. The van der Waals surface area contributed by atoms with Crippen LogP contribution in [-0.4, -0.2) is 22.7 Å². The van der Waals surface area contributed by atoms with Crippen LogP contribution in [0.5, 0.6) is 0 Å². The molecule has 2 atom stereocenters. The zero-order valence-electron chi connectivity index (χ0n) is 14.4. The number of fused-ring (bicyclic) bond motifs is 1. The molecule has 2 aromatic rings. The van der Waals surface area contributed by atoms with Gasteiger partial charge in [-0.3, -0.25) is 0 Å². The number of benzene rings is 1. The molecular formula is C22H24N2O. The number of hydrogen-bond donors (Lipinski definition) is 2. The lowest BCUT2D eigenvalue weighted by Gasteiger charge is -2.29. The van der Waals surface area contributed by atoms with E-state index in [4.69, 9.17) is 4.98 Å². The van der Waals surface area contributed by atoms with Crippen molar-refractivity contribution in [2.45, 2.75) is 37.8 Å². The van der Waals surface area contributed by atoms with Crippen LogP contribution < -0.4 is 5.32 Å². The highest BCUT2D eigenvalue weighted by atomic mass is 16.3. The third kappa shape index (κ3) is 3.44. The summed E-state index contributed by atoms with van der Waals surface area (Å²) < 4.78 is 0. The second-order valence-electron chi connectivity index (χ2n) is 6.82. The predicted molar refractivity (Wildman–Crippen MR) is 103 cm³/mol. The van der Waals surface area contributed by atoms with Crippen molar-refractivity contribution in [2.75, 3.05) is 6.54 Å². The highest BCUT2D eigenvalue weighted by Gasteiger charge is 2.25. The summed E-state index contributed by atoms with van der Waals surface area (Å²) in [5, 5.41) is 15.6. The summed E-state index contributed by atoms with van der Waals surface area (Å²) in [6.45, 7) is 0.984. The number of nitrogens with zero attached hydrogens (tertiary/aromatic N) is 1. The number of hydrogen-bond acceptors (Lipinski definition) is 3. The zero-order valence-corrected chi connectivity index (χ0v) is 14.4. The van der Waals surface area contributed by atoms with Gasteiger partial charge in [0.15, 0.2) is 0 Å². The molecule has 0 amide bonds. The average molecular weight is 332 g/mol. The first-order chi connectivity index (χ1) is 12.3. The molecule has 1 aromatic carbocycles. The van der Waals surface area contributed by atoms with E-state index in [0.29, 0.717) is 0 Å². The van der Waals surface area contributed by atoms with Gasteiger partial charge in [0.1, 0.15) is 0 Å². The molecule has 2 unspecified atom stereocenters. The summed E-state index contributed by atoms with van der Waals surface area (Å²) in [4.78, 5) is 4.86. The molecule has 1 aliphatic carbocycles. The molecule has 1 saturated heterocycles. The number of aliphatic hydroxyl groups is 1. The van der Waals surface area contributed by atoms with Crippen molar-refractivity contribution in [1.82, 2.24) is 10.3 Å². The largest absolute Gasteiger partial charge is 0.387 e. The van der Waals surface area contributed by atoms with E-state index < -0.39 is 6.10 Å². The molecule has 25 heavy (non-hydrogen) atoms. The maximum absolute atomic E-state index is 11.1. The van der Waals surface area contributed by atoms with Gasteiger partial charge in [-0.2, -0.15) is 0 Å². The first-order valence-electron chi connectivity index (χ1n) is 9.17. The summed E-state index contributed by atoms with van der Waals surface area (Å²) in [5.41, 5.74) is 4.07. The van der Waals surface area contributed by atoms with Crippen molar-refractivity contribution in [2.24, 2.45) is 0 Å². The van der Waals surface area contributed by atoms with Crippen molar-refractivity contribution >= 4 is 16.5 Å². The van der Waals surface area contributed by atoms with Gasteiger partial charge in [0.2, 0.25) is 0 Å². The molecule has 0 radical (unpaired) electrons. The minimum atomic E-state index is -0.510. The van der Waals surface area contributed by atoms with Crippen molar-refractivity contribution in [3.8, 4) is 0 Å². The Labute approximate surface area is 148 Å². The molecule has 4 rings (SSSR count). The molecule has 128 valence electrons. The molecule has 2 heterocycles. The summed E-state index contributed by atoms with van der Waals surface area (Å²) in [6.07, 6.45) is 14.1. The highest BCUT2D eigenvalue weighted by molar-refractivity contribution is 5.85. The van der Waals surface area contributed by atoms with Gasteiger partial charge in [-0.15, -0.1) is 0 Å². The number of nitrogens with one attached hydrogen (secondary N) is 1. The van der Waals surface area contributed by atoms with Gasteiger partial charge in [-0.25, -0.2) is 4.98 Å². The maximum atomic E-state index is 11.1. The first kappa shape index (κ1) is 16.2. The summed E-state index contributed by atoms with van der Waals surface area (Å²) >= 11 is 0. The minimum Gasteiger partial charge on any atom is -0.387 e. The van der Waals surface area contributed by atoms with Crippen LogP contribution in [0.2, 0.25) is 0 Å². The highest BCUT2D eigenvalue weighted by Crippen LogP contribution is 2.31. The summed E-state index contributed by atoms with van der Waals surface area (Å²) in [6, 6.07) is 10.3. The van der Waals surface area contributed by atoms with Gasteiger partial charge in [0.05, 0.1) is 17.3 Å². The van der Waals surface area contributed by atoms with E-state index in [2.05, 4.69) is 41.8 Å². The molecule has 0 spiro atoms. The molecule has 3 heteroatoms. The number of pyridine rings is 1. The lowest BCUT2D eigenvalue weighted by Crippen LogP contribution is -2.38. The smallest absolute Gasteiger partial charge is 0.0950 e. The Balaban J connectivity index is 1.80. The normalized spacial score (nSPS) is 21.8. The zero-order chi connectivity index (χ0) is 17.1. The molecule has 0 bridgehead atoms. The third-order valence-electron chi connectivity index (χ3n) is 5.12. The monoisotopic (exact) mass is 332 g/mol. The maximum Gasteiger partial charge on any atom is 0.0950 e. The topological polar surface area (TPSA) is 45.2 Å². The van der Waals surface area contributed by atoms with Crippen LogP contribution in [0, 0.1) is 0 Å². The van der Waals surface area contributed by atoms with Gasteiger partial charge in [-0.1, -0.05) is 55.0 Å². The lowest BCUT2D eigenvalue weighted by atomic mass is 9.91. The number of aromatic nitrogens is 1. The summed E-state index contributed by atoms with van der Waals surface area (Å²) in [7, 11) is 0. The van der Waals surface area contributed by atoms with Crippen LogP contribution in [0.1, 0.15) is 43.0 Å². The van der Waals surface area contributed by atoms with Crippen LogP contribution in [0.15, 0.2) is 60.7 Å². The van der Waals surface area contributed by atoms with Gasteiger partial charge in [0, 0.05) is 11.4 Å². The molecular weight excluding hydrogens is 308 g/mol. The van der Waals surface area contributed by atoms with E-state index in [1.165, 1.54) is 18.4 Å². The van der Waals surface area contributed by atoms with Crippen LogP contribution in [0.25, 0.3) is 16.5 Å². The first-order valence-corrected chi connectivity index (χ1v) is 9.17. The van der Waals surface area contributed by atoms with E-state index >= 15 is 0 Å². The van der Waals surface area contributed by atoms with Crippen LogP contribution in [-0.2, 0) is 0 Å². The van der Waals surface area contributed by atoms with E-state index in [1.807, 2.05) is 24.3 Å². The fraction of sp³-hybridized carbons (Fsp3) is 0.318. The summed E-state index contributed by atoms with van der Waals surface area (Å²) in [5.74, 6) is 0. The third-order valence-corrected chi connectivity index (χ3v) is 5.12. The molecule has 1 aromatic heterocycles. The Morgan fingerprint density at radius 3 is 2.92 bits per heavy atom. The lowest BCUT2D eigenvalue weighted by molar-refractivity contribution is 0.115. The van der Waals surface area contributed by atoms with E-state index in [-0.39, 0.29) is 6.04 Å². The van der Waals surface area contributed by atoms with Crippen molar-refractivity contribution in [3.63, 3.8) is 0 Å². The average Bonchev–Trinajstić information content (AvgIpc) is 2.97. The molecule has 2 N–H and O–H groups in total. The number of allylic oxidation sites excluding steroid dienone is 6. The molecule has 1 fully saturated rings. The fourth-order valence-corrected chi connectivity index (χ4v) is 3.74. The number of aliphatic hydroxyl groups excluding tert-OH is 1. The van der Waals surface area contributed by atoms with Crippen molar-refractivity contribution in [3.05, 3.63) is 72.0 Å². The SMILES string of the molecule is OC(c1cc(C2=CC=CC=CC2)nc2ccccc12)C1CCCCN1. The Morgan fingerprint density at radius 1 is 1.12 bits per heavy atom. The Hall–Kier alpha value is -2.23.